The highest BCUT2D eigenvalue weighted by atomic mass is 16.5. The number of ether oxygens (including phenoxy) is 1. The molecule has 0 unspecified atom stereocenters. The third kappa shape index (κ3) is 4.61. The average Bonchev–Trinajstić information content (AvgIpc) is 2.10. The van der Waals surface area contributed by atoms with Gasteiger partial charge in [0.05, 0.1) is 6.61 Å². The van der Waals surface area contributed by atoms with Crippen LogP contribution in [0.15, 0.2) is 0 Å². The highest BCUT2D eigenvalue weighted by molar-refractivity contribution is 5.69. The zero-order valence-electron chi connectivity index (χ0n) is 9.13. The van der Waals surface area contributed by atoms with Gasteiger partial charge in [-0.1, -0.05) is 13.3 Å². The second-order valence-corrected chi connectivity index (χ2v) is 3.87. The molecule has 82 valence electrons. The molecule has 3 heteroatoms. The fourth-order valence-electron chi connectivity index (χ4n) is 1.45. The molecular formula is C11H21NO2. The van der Waals surface area contributed by atoms with Gasteiger partial charge in [-0.25, -0.2) is 0 Å². The van der Waals surface area contributed by atoms with Gasteiger partial charge in [0.2, 0.25) is 0 Å². The van der Waals surface area contributed by atoms with Gasteiger partial charge in [0.1, 0.15) is 0 Å². The zero-order valence-corrected chi connectivity index (χ0v) is 9.13. The maximum absolute atomic E-state index is 11.2. The van der Waals surface area contributed by atoms with E-state index in [-0.39, 0.29) is 5.97 Å². The number of esters is 1. The molecular weight excluding hydrogens is 178 g/mol. The topological polar surface area (TPSA) is 29.5 Å². The summed E-state index contributed by atoms with van der Waals surface area (Å²) in [4.78, 5) is 13.5. The summed E-state index contributed by atoms with van der Waals surface area (Å²) in [5.41, 5.74) is 0. The Labute approximate surface area is 86.4 Å². The summed E-state index contributed by atoms with van der Waals surface area (Å²) in [6, 6.07) is 0. The van der Waals surface area contributed by atoms with Gasteiger partial charge in [0, 0.05) is 6.42 Å². The molecule has 1 aliphatic heterocycles. The van der Waals surface area contributed by atoms with E-state index in [1.54, 1.807) is 0 Å². The van der Waals surface area contributed by atoms with Crippen molar-refractivity contribution in [2.75, 3.05) is 26.2 Å². The average molecular weight is 199 g/mol. The number of nitrogens with zero attached hydrogens (tertiary/aromatic N) is 1. The Hall–Kier alpha value is -0.570. The number of unbranched alkanes of at least 4 members (excludes halogenated alkanes) is 1. The van der Waals surface area contributed by atoms with Gasteiger partial charge in [-0.05, 0) is 38.9 Å². The van der Waals surface area contributed by atoms with Gasteiger partial charge in [0.15, 0.2) is 0 Å². The van der Waals surface area contributed by atoms with Crippen LogP contribution in [0.3, 0.4) is 0 Å². The zero-order chi connectivity index (χ0) is 10.2. The number of hydrogen-bond acceptors (Lipinski definition) is 3. The molecule has 0 aromatic carbocycles. The fraction of sp³-hybridized carbons (Fsp3) is 0.909. The Bertz CT molecular complexity index is 167. The standard InChI is InChI=1S/C11H21NO2/c1-2-3-10-14-11(13)6-4-7-12-8-5-9-12/h2-10H2,1H3. The van der Waals surface area contributed by atoms with Gasteiger partial charge >= 0.3 is 5.97 Å². The highest BCUT2D eigenvalue weighted by Crippen LogP contribution is 2.07. The Kier molecular flexibility index (Phi) is 5.60. The number of rotatable bonds is 7. The summed E-state index contributed by atoms with van der Waals surface area (Å²) < 4.78 is 5.06. The van der Waals surface area contributed by atoms with E-state index in [9.17, 15) is 4.79 Å². The molecule has 14 heavy (non-hydrogen) atoms. The van der Waals surface area contributed by atoms with Crippen LogP contribution in [0.1, 0.15) is 39.0 Å². The predicted octanol–water partition coefficient (Wildman–Crippen LogP) is 1.82. The molecule has 0 atom stereocenters. The number of hydrogen-bond donors (Lipinski definition) is 0. The van der Waals surface area contributed by atoms with Crippen LogP contribution in [-0.4, -0.2) is 37.1 Å². The van der Waals surface area contributed by atoms with Crippen molar-refractivity contribution >= 4 is 5.97 Å². The van der Waals surface area contributed by atoms with E-state index < -0.39 is 0 Å². The third-order valence-corrected chi connectivity index (χ3v) is 2.56. The maximum atomic E-state index is 11.2. The molecule has 0 aliphatic carbocycles. The normalized spacial score (nSPS) is 16.4. The number of carbonyl (C=O) groups is 1. The minimum absolute atomic E-state index is 0.0287. The fourth-order valence-corrected chi connectivity index (χ4v) is 1.45. The quantitative estimate of drug-likeness (QED) is 0.462. The molecule has 0 radical (unpaired) electrons. The molecule has 0 spiro atoms. The molecule has 1 aliphatic rings. The smallest absolute Gasteiger partial charge is 0.305 e. The summed E-state index contributed by atoms with van der Waals surface area (Å²) in [6.45, 7) is 6.18. The van der Waals surface area contributed by atoms with Crippen LogP contribution in [-0.2, 0) is 9.53 Å². The molecule has 1 fully saturated rings. The van der Waals surface area contributed by atoms with Crippen molar-refractivity contribution in [3.05, 3.63) is 0 Å². The van der Waals surface area contributed by atoms with Crippen molar-refractivity contribution in [2.45, 2.75) is 39.0 Å². The Balaban J connectivity index is 1.86. The molecule has 1 heterocycles. The van der Waals surface area contributed by atoms with E-state index in [4.69, 9.17) is 4.74 Å². The Morgan fingerprint density at radius 1 is 1.36 bits per heavy atom. The van der Waals surface area contributed by atoms with Crippen molar-refractivity contribution < 1.29 is 9.53 Å². The van der Waals surface area contributed by atoms with Crippen molar-refractivity contribution in [3.63, 3.8) is 0 Å². The summed E-state index contributed by atoms with van der Waals surface area (Å²) in [7, 11) is 0. The molecule has 0 saturated carbocycles. The first-order valence-electron chi connectivity index (χ1n) is 5.71. The Morgan fingerprint density at radius 2 is 2.14 bits per heavy atom. The second-order valence-electron chi connectivity index (χ2n) is 3.87. The first-order chi connectivity index (χ1) is 6.83. The van der Waals surface area contributed by atoms with Crippen LogP contribution in [0, 0.1) is 0 Å². The summed E-state index contributed by atoms with van der Waals surface area (Å²) in [5.74, 6) is -0.0287. The van der Waals surface area contributed by atoms with E-state index >= 15 is 0 Å². The minimum Gasteiger partial charge on any atom is -0.466 e. The van der Waals surface area contributed by atoms with Crippen LogP contribution in [0.4, 0.5) is 0 Å². The molecule has 0 aromatic rings. The van der Waals surface area contributed by atoms with E-state index in [1.807, 2.05) is 0 Å². The lowest BCUT2D eigenvalue weighted by atomic mass is 10.2. The SMILES string of the molecule is CCCCOC(=O)CCCN1CCC1. The monoisotopic (exact) mass is 199 g/mol. The number of carbonyl (C=O) groups excluding carboxylic acids is 1. The Morgan fingerprint density at radius 3 is 2.71 bits per heavy atom. The van der Waals surface area contributed by atoms with E-state index in [0.29, 0.717) is 13.0 Å². The van der Waals surface area contributed by atoms with Gasteiger partial charge < -0.3 is 9.64 Å². The van der Waals surface area contributed by atoms with Crippen LogP contribution in [0.5, 0.6) is 0 Å². The second kappa shape index (κ2) is 6.82. The van der Waals surface area contributed by atoms with Gasteiger partial charge in [0.25, 0.3) is 0 Å². The van der Waals surface area contributed by atoms with E-state index in [0.717, 1.165) is 25.8 Å². The lowest BCUT2D eigenvalue weighted by Gasteiger charge is -2.30. The summed E-state index contributed by atoms with van der Waals surface area (Å²) in [6.07, 6.45) is 4.92. The largest absolute Gasteiger partial charge is 0.466 e. The van der Waals surface area contributed by atoms with Crippen LogP contribution in [0.25, 0.3) is 0 Å². The molecule has 0 amide bonds. The van der Waals surface area contributed by atoms with Crippen LogP contribution in [0.2, 0.25) is 0 Å². The first-order valence-corrected chi connectivity index (χ1v) is 5.71. The van der Waals surface area contributed by atoms with Crippen LogP contribution < -0.4 is 0 Å². The maximum Gasteiger partial charge on any atom is 0.305 e. The molecule has 0 bridgehead atoms. The van der Waals surface area contributed by atoms with E-state index in [2.05, 4.69) is 11.8 Å². The lowest BCUT2D eigenvalue weighted by Crippen LogP contribution is -2.37. The molecule has 0 N–H and O–H groups in total. The summed E-state index contributed by atoms with van der Waals surface area (Å²) >= 11 is 0. The van der Waals surface area contributed by atoms with Gasteiger partial charge in [-0.3, -0.25) is 4.79 Å². The molecule has 1 rings (SSSR count). The summed E-state index contributed by atoms with van der Waals surface area (Å²) in [5, 5.41) is 0. The molecule has 1 saturated heterocycles. The van der Waals surface area contributed by atoms with E-state index in [1.165, 1.54) is 19.5 Å². The van der Waals surface area contributed by atoms with Crippen LogP contribution >= 0.6 is 0 Å². The van der Waals surface area contributed by atoms with Gasteiger partial charge in [-0.15, -0.1) is 0 Å². The van der Waals surface area contributed by atoms with Crippen molar-refractivity contribution in [3.8, 4) is 0 Å². The lowest BCUT2D eigenvalue weighted by molar-refractivity contribution is -0.144. The third-order valence-electron chi connectivity index (χ3n) is 2.56. The predicted molar refractivity (Wildman–Crippen MR) is 56.2 cm³/mol. The molecule has 3 nitrogen and oxygen atoms in total. The minimum atomic E-state index is -0.0287. The first kappa shape index (κ1) is 11.5. The highest BCUT2D eigenvalue weighted by Gasteiger charge is 2.13. The van der Waals surface area contributed by atoms with Crippen molar-refractivity contribution in [1.82, 2.24) is 4.90 Å². The van der Waals surface area contributed by atoms with Crippen molar-refractivity contribution in [2.24, 2.45) is 0 Å². The number of likely N-dealkylation sites (tertiary alicyclic amines) is 1. The molecule has 0 aromatic heterocycles. The van der Waals surface area contributed by atoms with Gasteiger partial charge in [-0.2, -0.15) is 0 Å². The van der Waals surface area contributed by atoms with Crippen molar-refractivity contribution in [1.29, 1.82) is 0 Å².